The van der Waals surface area contributed by atoms with Crippen LogP contribution in [0.3, 0.4) is 0 Å². The molecule has 1 aliphatic carbocycles. The minimum atomic E-state index is -0.844. The highest BCUT2D eigenvalue weighted by Crippen LogP contribution is 2.34. The van der Waals surface area contributed by atoms with Gasteiger partial charge in [-0.2, -0.15) is 10.1 Å². The van der Waals surface area contributed by atoms with Gasteiger partial charge in [-0.25, -0.2) is 9.50 Å². The zero-order valence-electron chi connectivity index (χ0n) is 16.0. The number of fused-ring (bicyclic) bond motifs is 2. The number of nitrogens with one attached hydrogen (secondary N) is 1. The van der Waals surface area contributed by atoms with Gasteiger partial charge in [0, 0.05) is 42.3 Å². The molecule has 1 saturated carbocycles. The van der Waals surface area contributed by atoms with Crippen molar-refractivity contribution in [2.75, 3.05) is 11.4 Å². The van der Waals surface area contributed by atoms with Gasteiger partial charge in [-0.1, -0.05) is 6.42 Å². The van der Waals surface area contributed by atoms with E-state index >= 15 is 0 Å². The zero-order valence-corrected chi connectivity index (χ0v) is 16.0. The predicted molar refractivity (Wildman–Crippen MR) is 109 cm³/mol. The number of aromatic nitrogens is 5. The molecule has 0 bridgehead atoms. The third-order valence-electron chi connectivity index (χ3n) is 5.84. The molecule has 0 spiro atoms. The molecule has 7 nitrogen and oxygen atoms in total. The van der Waals surface area contributed by atoms with Crippen LogP contribution in [0.4, 0.5) is 5.95 Å². The lowest BCUT2D eigenvalue weighted by Crippen LogP contribution is -2.51. The van der Waals surface area contributed by atoms with Crippen LogP contribution < -0.4 is 4.90 Å². The van der Waals surface area contributed by atoms with Crippen LogP contribution in [0.2, 0.25) is 0 Å². The molecule has 0 aromatic carbocycles. The Kier molecular flexibility index (Phi) is 4.05. The second-order valence-corrected chi connectivity index (χ2v) is 7.54. The Hall–Kier alpha value is -2.93. The molecule has 7 heteroatoms. The summed E-state index contributed by atoms with van der Waals surface area (Å²) in [5.41, 5.74) is 3.13. The lowest BCUT2D eigenvalue weighted by Gasteiger charge is -2.41. The van der Waals surface area contributed by atoms with Crippen molar-refractivity contribution in [1.82, 2.24) is 24.6 Å². The Bertz CT molecular complexity index is 1120. The van der Waals surface area contributed by atoms with E-state index in [9.17, 15) is 5.11 Å². The molecule has 0 saturated heterocycles. The molecule has 4 aromatic rings. The van der Waals surface area contributed by atoms with Gasteiger partial charge in [-0.3, -0.25) is 0 Å². The fraction of sp³-hybridized carbons (Fsp3) is 0.381. The van der Waals surface area contributed by atoms with E-state index in [-0.39, 0.29) is 0 Å². The molecule has 4 heterocycles. The molecule has 4 aromatic heterocycles. The SMILES string of the molecule is CCN(c1ncc2c(-c3ccn4nccc4c3)c[nH]c2n1)C1(O)CCCCC1. The topological polar surface area (TPSA) is 82.3 Å². The van der Waals surface area contributed by atoms with E-state index in [1.807, 2.05) is 47.1 Å². The van der Waals surface area contributed by atoms with Crippen molar-refractivity contribution >= 4 is 22.5 Å². The van der Waals surface area contributed by atoms with E-state index in [0.717, 1.165) is 53.4 Å². The largest absolute Gasteiger partial charge is 0.371 e. The van der Waals surface area contributed by atoms with Crippen LogP contribution in [0.5, 0.6) is 0 Å². The number of hydrogen-bond acceptors (Lipinski definition) is 5. The molecular formula is C21H24N6O. The van der Waals surface area contributed by atoms with E-state index in [4.69, 9.17) is 4.98 Å². The normalized spacial score (nSPS) is 16.6. The third-order valence-corrected chi connectivity index (χ3v) is 5.84. The van der Waals surface area contributed by atoms with Gasteiger partial charge in [-0.05, 0) is 56.4 Å². The summed E-state index contributed by atoms with van der Waals surface area (Å²) in [6, 6.07) is 6.13. The highest BCUT2D eigenvalue weighted by Gasteiger charge is 2.36. The first-order chi connectivity index (χ1) is 13.7. The molecule has 1 fully saturated rings. The monoisotopic (exact) mass is 376 g/mol. The quantitative estimate of drug-likeness (QED) is 0.530. The van der Waals surface area contributed by atoms with Crippen LogP contribution in [-0.2, 0) is 0 Å². The molecule has 0 radical (unpaired) electrons. The number of aliphatic hydroxyl groups is 1. The van der Waals surface area contributed by atoms with Crippen molar-refractivity contribution < 1.29 is 5.11 Å². The summed E-state index contributed by atoms with van der Waals surface area (Å²) in [4.78, 5) is 14.6. The Balaban J connectivity index is 1.53. The van der Waals surface area contributed by atoms with E-state index in [1.165, 1.54) is 6.42 Å². The van der Waals surface area contributed by atoms with E-state index in [1.54, 1.807) is 6.20 Å². The van der Waals surface area contributed by atoms with Crippen LogP contribution in [0.1, 0.15) is 39.0 Å². The molecule has 0 aliphatic heterocycles. The van der Waals surface area contributed by atoms with Crippen LogP contribution in [0.15, 0.2) is 43.0 Å². The number of nitrogens with zero attached hydrogens (tertiary/aromatic N) is 5. The molecule has 5 rings (SSSR count). The van der Waals surface area contributed by atoms with Crippen molar-refractivity contribution in [1.29, 1.82) is 0 Å². The molecular weight excluding hydrogens is 352 g/mol. The Morgan fingerprint density at radius 1 is 1.25 bits per heavy atom. The Labute approximate surface area is 163 Å². The summed E-state index contributed by atoms with van der Waals surface area (Å²) in [7, 11) is 0. The Morgan fingerprint density at radius 3 is 2.93 bits per heavy atom. The molecule has 2 N–H and O–H groups in total. The smallest absolute Gasteiger partial charge is 0.229 e. The molecule has 28 heavy (non-hydrogen) atoms. The lowest BCUT2D eigenvalue weighted by molar-refractivity contribution is 0.000513. The van der Waals surface area contributed by atoms with Gasteiger partial charge >= 0.3 is 0 Å². The number of pyridine rings is 1. The summed E-state index contributed by atoms with van der Waals surface area (Å²) in [6.07, 6.45) is 12.4. The van der Waals surface area contributed by atoms with E-state index in [2.05, 4.69) is 21.1 Å². The lowest BCUT2D eigenvalue weighted by atomic mass is 9.90. The average molecular weight is 376 g/mol. The zero-order chi connectivity index (χ0) is 19.1. The third kappa shape index (κ3) is 2.74. The highest BCUT2D eigenvalue weighted by atomic mass is 16.3. The number of H-pyrrole nitrogens is 1. The van der Waals surface area contributed by atoms with Crippen LogP contribution in [0.25, 0.3) is 27.7 Å². The summed E-state index contributed by atoms with van der Waals surface area (Å²) in [5.74, 6) is 0.582. The second-order valence-electron chi connectivity index (χ2n) is 7.54. The maximum absolute atomic E-state index is 11.1. The van der Waals surface area contributed by atoms with Gasteiger partial charge in [0.05, 0.1) is 5.52 Å². The van der Waals surface area contributed by atoms with Crippen LogP contribution >= 0.6 is 0 Å². The highest BCUT2D eigenvalue weighted by molar-refractivity contribution is 5.94. The molecule has 0 atom stereocenters. The minimum Gasteiger partial charge on any atom is -0.371 e. The van der Waals surface area contributed by atoms with Gasteiger partial charge < -0.3 is 15.0 Å². The van der Waals surface area contributed by atoms with Gasteiger partial charge in [0.15, 0.2) is 0 Å². The van der Waals surface area contributed by atoms with Crippen LogP contribution in [0, 0.1) is 0 Å². The fourth-order valence-electron chi connectivity index (χ4n) is 4.37. The fourth-order valence-corrected chi connectivity index (χ4v) is 4.37. The van der Waals surface area contributed by atoms with Crippen molar-refractivity contribution in [2.45, 2.75) is 44.8 Å². The molecule has 1 aliphatic rings. The first kappa shape index (κ1) is 17.2. The van der Waals surface area contributed by atoms with Gasteiger partial charge in [0.25, 0.3) is 0 Å². The standard InChI is InChI=1S/C21H24N6O/c1-2-26(21(28)8-4-3-5-9-21)20-23-14-18-17(13-22-19(18)25-20)15-7-11-27-16(12-15)6-10-24-27/h6-7,10-14,28H,2-5,8-9H2,1H3,(H,22,23,25). The molecule has 0 unspecified atom stereocenters. The average Bonchev–Trinajstić information content (AvgIpc) is 3.34. The van der Waals surface area contributed by atoms with Crippen molar-refractivity contribution in [3.63, 3.8) is 0 Å². The van der Waals surface area contributed by atoms with Crippen molar-refractivity contribution in [3.05, 3.63) is 43.0 Å². The predicted octanol–water partition coefficient (Wildman–Crippen LogP) is 3.75. The molecule has 0 amide bonds. The minimum absolute atomic E-state index is 0.582. The summed E-state index contributed by atoms with van der Waals surface area (Å²) in [6.45, 7) is 2.72. The van der Waals surface area contributed by atoms with Crippen LogP contribution in [-0.4, -0.2) is 41.9 Å². The van der Waals surface area contributed by atoms with Crippen molar-refractivity contribution in [3.8, 4) is 11.1 Å². The van der Waals surface area contributed by atoms with Gasteiger partial charge in [-0.15, -0.1) is 0 Å². The maximum Gasteiger partial charge on any atom is 0.229 e. The first-order valence-corrected chi connectivity index (χ1v) is 9.96. The number of anilines is 1. The van der Waals surface area contributed by atoms with E-state index in [0.29, 0.717) is 12.5 Å². The van der Waals surface area contributed by atoms with E-state index < -0.39 is 5.72 Å². The number of hydrogen-bond donors (Lipinski definition) is 2. The summed E-state index contributed by atoms with van der Waals surface area (Å²) < 4.78 is 1.84. The molecule has 144 valence electrons. The number of rotatable bonds is 4. The van der Waals surface area contributed by atoms with Gasteiger partial charge in [0.2, 0.25) is 5.95 Å². The summed E-state index contributed by atoms with van der Waals surface area (Å²) in [5, 5.41) is 16.4. The first-order valence-electron chi connectivity index (χ1n) is 9.96. The Morgan fingerprint density at radius 2 is 2.11 bits per heavy atom. The maximum atomic E-state index is 11.1. The number of aromatic amines is 1. The second kappa shape index (κ2) is 6.60. The van der Waals surface area contributed by atoms with Gasteiger partial charge in [0.1, 0.15) is 11.4 Å². The van der Waals surface area contributed by atoms with Crippen molar-refractivity contribution in [2.24, 2.45) is 0 Å². The summed E-state index contributed by atoms with van der Waals surface area (Å²) >= 11 is 0.